The van der Waals surface area contributed by atoms with Gasteiger partial charge in [0.1, 0.15) is 11.0 Å². The minimum absolute atomic E-state index is 0.0413. The lowest BCUT2D eigenvalue weighted by Gasteiger charge is -2.06. The average Bonchev–Trinajstić information content (AvgIpc) is 3.20. The smallest absolute Gasteiger partial charge is 0.231 e. The number of hydrogen-bond acceptors (Lipinski definition) is 6. The predicted molar refractivity (Wildman–Crippen MR) is 85.5 cm³/mol. The molecule has 6 nitrogen and oxygen atoms in total. The zero-order valence-corrected chi connectivity index (χ0v) is 12.9. The number of carbonyl (C=O) groups excluding carboxylic acids is 1. The van der Waals surface area contributed by atoms with Gasteiger partial charge in [-0.2, -0.15) is 8.75 Å². The molecule has 0 bridgehead atoms. The molecule has 1 N–H and O–H groups in total. The number of benzene rings is 2. The standard InChI is InChI=1S/C16H13N3O3S/c20-16(7-10-2-4-14-15(6-10)22-9-21-14)17-8-11-1-3-12-13(5-11)19-23-18-12/h1-6H,7-9H2,(H,17,20). The van der Waals surface area contributed by atoms with E-state index in [0.29, 0.717) is 18.7 Å². The summed E-state index contributed by atoms with van der Waals surface area (Å²) >= 11 is 1.19. The summed E-state index contributed by atoms with van der Waals surface area (Å²) in [4.78, 5) is 12.1. The second-order valence-corrected chi connectivity index (χ2v) is 5.76. The minimum atomic E-state index is -0.0413. The fourth-order valence-corrected chi connectivity index (χ4v) is 2.95. The topological polar surface area (TPSA) is 73.3 Å². The molecular weight excluding hydrogens is 314 g/mol. The highest BCUT2D eigenvalue weighted by atomic mass is 32.1. The molecule has 0 fully saturated rings. The van der Waals surface area contributed by atoms with Gasteiger partial charge in [0.05, 0.1) is 18.1 Å². The summed E-state index contributed by atoms with van der Waals surface area (Å²) < 4.78 is 18.9. The van der Waals surface area contributed by atoms with Crippen molar-refractivity contribution >= 4 is 28.7 Å². The number of nitrogens with zero attached hydrogens (tertiary/aromatic N) is 2. The van der Waals surface area contributed by atoms with Gasteiger partial charge in [0.15, 0.2) is 11.5 Å². The van der Waals surface area contributed by atoms with Crippen LogP contribution < -0.4 is 14.8 Å². The van der Waals surface area contributed by atoms with E-state index in [2.05, 4.69) is 14.1 Å². The molecule has 0 unspecified atom stereocenters. The normalized spacial score (nSPS) is 12.5. The van der Waals surface area contributed by atoms with Crippen LogP contribution >= 0.6 is 11.7 Å². The Balaban J connectivity index is 1.38. The molecule has 1 aliphatic rings. The fourth-order valence-electron chi connectivity index (χ4n) is 2.44. The molecule has 0 radical (unpaired) electrons. The van der Waals surface area contributed by atoms with E-state index < -0.39 is 0 Å². The Morgan fingerprint density at radius 3 is 2.83 bits per heavy atom. The van der Waals surface area contributed by atoms with Crippen molar-refractivity contribution < 1.29 is 14.3 Å². The SMILES string of the molecule is O=C(Cc1ccc2c(c1)OCO2)NCc1ccc2nsnc2c1. The summed E-state index contributed by atoms with van der Waals surface area (Å²) in [5, 5.41) is 2.92. The van der Waals surface area contributed by atoms with E-state index in [9.17, 15) is 4.79 Å². The zero-order chi connectivity index (χ0) is 15.6. The molecule has 3 aromatic rings. The van der Waals surface area contributed by atoms with Crippen molar-refractivity contribution in [2.75, 3.05) is 6.79 Å². The Hall–Kier alpha value is -2.67. The van der Waals surface area contributed by atoms with E-state index in [1.165, 1.54) is 11.7 Å². The molecule has 4 rings (SSSR count). The number of nitrogens with one attached hydrogen (secondary N) is 1. The number of amides is 1. The Kier molecular flexibility index (Phi) is 3.55. The number of fused-ring (bicyclic) bond motifs is 2. The molecular formula is C16H13N3O3S. The van der Waals surface area contributed by atoms with Crippen LogP contribution in [0.2, 0.25) is 0 Å². The van der Waals surface area contributed by atoms with Gasteiger partial charge in [-0.3, -0.25) is 4.79 Å². The van der Waals surface area contributed by atoms with E-state index in [-0.39, 0.29) is 12.7 Å². The van der Waals surface area contributed by atoms with Crippen molar-refractivity contribution in [3.8, 4) is 11.5 Å². The number of hydrogen-bond donors (Lipinski definition) is 1. The van der Waals surface area contributed by atoms with Gasteiger partial charge in [-0.1, -0.05) is 12.1 Å². The van der Waals surface area contributed by atoms with Gasteiger partial charge in [0, 0.05) is 6.54 Å². The maximum Gasteiger partial charge on any atom is 0.231 e. The third-order valence-electron chi connectivity index (χ3n) is 3.61. The molecule has 0 saturated carbocycles. The third-order valence-corrected chi connectivity index (χ3v) is 4.17. The van der Waals surface area contributed by atoms with Gasteiger partial charge < -0.3 is 14.8 Å². The maximum absolute atomic E-state index is 12.1. The lowest BCUT2D eigenvalue weighted by molar-refractivity contribution is -0.120. The third kappa shape index (κ3) is 2.95. The quantitative estimate of drug-likeness (QED) is 0.796. The molecule has 1 aromatic heterocycles. The van der Waals surface area contributed by atoms with Crippen molar-refractivity contribution in [2.24, 2.45) is 0 Å². The molecule has 0 saturated heterocycles. The number of aromatic nitrogens is 2. The van der Waals surface area contributed by atoms with Gasteiger partial charge in [-0.15, -0.1) is 0 Å². The first-order chi connectivity index (χ1) is 11.3. The minimum Gasteiger partial charge on any atom is -0.454 e. The second kappa shape index (κ2) is 5.85. The molecule has 7 heteroatoms. The molecule has 1 aliphatic heterocycles. The van der Waals surface area contributed by atoms with Gasteiger partial charge >= 0.3 is 0 Å². The molecule has 2 aromatic carbocycles. The van der Waals surface area contributed by atoms with Crippen molar-refractivity contribution in [2.45, 2.75) is 13.0 Å². The van der Waals surface area contributed by atoms with Crippen LogP contribution in [0, 0.1) is 0 Å². The van der Waals surface area contributed by atoms with Crippen LogP contribution in [0.15, 0.2) is 36.4 Å². The van der Waals surface area contributed by atoms with Crippen LogP contribution in [0.3, 0.4) is 0 Å². The van der Waals surface area contributed by atoms with Gasteiger partial charge in [-0.25, -0.2) is 0 Å². The average molecular weight is 327 g/mol. The molecule has 23 heavy (non-hydrogen) atoms. The highest BCUT2D eigenvalue weighted by Crippen LogP contribution is 2.32. The summed E-state index contributed by atoms with van der Waals surface area (Å²) in [7, 11) is 0. The van der Waals surface area contributed by atoms with E-state index in [0.717, 1.165) is 27.9 Å². The van der Waals surface area contributed by atoms with Crippen LogP contribution in [0.25, 0.3) is 11.0 Å². The molecule has 1 amide bonds. The fraction of sp³-hybridized carbons (Fsp3) is 0.188. The van der Waals surface area contributed by atoms with Crippen LogP contribution in [0.4, 0.5) is 0 Å². The Morgan fingerprint density at radius 1 is 1.04 bits per heavy atom. The predicted octanol–water partition coefficient (Wildman–Crippen LogP) is 2.28. The zero-order valence-electron chi connectivity index (χ0n) is 12.1. The summed E-state index contributed by atoms with van der Waals surface area (Å²) in [6, 6.07) is 11.4. The highest BCUT2D eigenvalue weighted by Gasteiger charge is 2.14. The Labute approximate surface area is 136 Å². The summed E-state index contributed by atoms with van der Waals surface area (Å²) in [6.45, 7) is 0.704. The lowest BCUT2D eigenvalue weighted by Crippen LogP contribution is -2.24. The Bertz CT molecular complexity index is 878. The highest BCUT2D eigenvalue weighted by molar-refractivity contribution is 7.00. The van der Waals surface area contributed by atoms with Gasteiger partial charge in [-0.05, 0) is 35.4 Å². The molecule has 116 valence electrons. The largest absolute Gasteiger partial charge is 0.454 e. The van der Waals surface area contributed by atoms with Gasteiger partial charge in [0.2, 0.25) is 12.7 Å². The van der Waals surface area contributed by atoms with E-state index >= 15 is 0 Å². The van der Waals surface area contributed by atoms with Crippen LogP contribution in [0.1, 0.15) is 11.1 Å². The first kappa shape index (κ1) is 14.0. The van der Waals surface area contributed by atoms with E-state index in [1.54, 1.807) is 0 Å². The van der Waals surface area contributed by atoms with Gasteiger partial charge in [0.25, 0.3) is 0 Å². The van der Waals surface area contributed by atoms with Crippen LogP contribution in [-0.4, -0.2) is 21.4 Å². The molecule has 2 heterocycles. The van der Waals surface area contributed by atoms with Crippen LogP contribution in [0.5, 0.6) is 11.5 Å². The second-order valence-electron chi connectivity index (χ2n) is 5.23. The summed E-state index contributed by atoms with van der Waals surface area (Å²) in [6.07, 6.45) is 0.303. The molecule has 0 spiro atoms. The van der Waals surface area contributed by atoms with E-state index in [1.807, 2.05) is 36.4 Å². The number of rotatable bonds is 4. The van der Waals surface area contributed by atoms with Crippen molar-refractivity contribution in [1.82, 2.24) is 14.1 Å². The lowest BCUT2D eigenvalue weighted by atomic mass is 10.1. The van der Waals surface area contributed by atoms with Crippen molar-refractivity contribution in [1.29, 1.82) is 0 Å². The van der Waals surface area contributed by atoms with Crippen molar-refractivity contribution in [3.63, 3.8) is 0 Å². The monoisotopic (exact) mass is 327 g/mol. The van der Waals surface area contributed by atoms with Crippen molar-refractivity contribution in [3.05, 3.63) is 47.5 Å². The van der Waals surface area contributed by atoms with E-state index in [4.69, 9.17) is 9.47 Å². The maximum atomic E-state index is 12.1. The first-order valence-electron chi connectivity index (χ1n) is 7.14. The van der Waals surface area contributed by atoms with Crippen LogP contribution in [-0.2, 0) is 17.8 Å². The number of carbonyl (C=O) groups is 1. The molecule has 0 atom stereocenters. The Morgan fingerprint density at radius 2 is 1.87 bits per heavy atom. The summed E-state index contributed by atoms with van der Waals surface area (Å²) in [5.74, 6) is 1.37. The first-order valence-corrected chi connectivity index (χ1v) is 7.87. The number of ether oxygens (including phenoxy) is 2. The summed E-state index contributed by atoms with van der Waals surface area (Å²) in [5.41, 5.74) is 3.64. The molecule has 0 aliphatic carbocycles.